The van der Waals surface area contributed by atoms with E-state index in [1.807, 2.05) is 32.6 Å². The minimum Gasteiger partial charge on any atom is -0.393 e. The highest BCUT2D eigenvalue weighted by Crippen LogP contribution is 2.38. The van der Waals surface area contributed by atoms with Crippen LogP contribution in [-0.4, -0.2) is 47.8 Å². The summed E-state index contributed by atoms with van der Waals surface area (Å²) in [4.78, 5) is 13.7. The summed E-state index contributed by atoms with van der Waals surface area (Å²) in [6, 6.07) is 0. The van der Waals surface area contributed by atoms with Gasteiger partial charge >= 0.3 is 0 Å². The van der Waals surface area contributed by atoms with Crippen LogP contribution in [0.25, 0.3) is 0 Å². The Morgan fingerprint density at radius 2 is 2.18 bits per heavy atom. The van der Waals surface area contributed by atoms with Gasteiger partial charge in [0, 0.05) is 25.0 Å². The molecule has 1 N–H and O–H groups in total. The van der Waals surface area contributed by atoms with Gasteiger partial charge in [-0.2, -0.15) is 0 Å². The van der Waals surface area contributed by atoms with Crippen molar-refractivity contribution in [1.29, 1.82) is 0 Å². The van der Waals surface area contributed by atoms with E-state index in [2.05, 4.69) is 0 Å². The molecule has 0 aromatic heterocycles. The maximum Gasteiger partial charge on any atom is 0.225 e. The molecule has 4 heteroatoms. The van der Waals surface area contributed by atoms with E-state index in [0.717, 1.165) is 19.6 Å². The zero-order chi connectivity index (χ0) is 13.1. The van der Waals surface area contributed by atoms with Gasteiger partial charge in [0.05, 0.1) is 13.2 Å². The van der Waals surface area contributed by atoms with Crippen molar-refractivity contribution in [3.8, 4) is 0 Å². The lowest BCUT2D eigenvalue weighted by atomic mass is 9.92. The molecule has 0 aromatic rings. The highest BCUT2D eigenvalue weighted by Gasteiger charge is 2.51. The molecule has 4 nitrogen and oxygen atoms in total. The van der Waals surface area contributed by atoms with Crippen molar-refractivity contribution in [2.75, 3.05) is 26.3 Å². The molecule has 2 saturated heterocycles. The molecule has 0 aliphatic carbocycles. The maximum atomic E-state index is 11.8. The number of carbonyl (C=O) groups excluding carboxylic acids is 1. The Hall–Kier alpha value is -0.610. The fourth-order valence-corrected chi connectivity index (χ4v) is 2.63. The largest absolute Gasteiger partial charge is 0.393 e. The molecule has 100 valence electrons. The Labute approximate surface area is 104 Å². The summed E-state index contributed by atoms with van der Waals surface area (Å²) in [6.07, 6.45) is 0.961. The third kappa shape index (κ3) is 2.63. The Kier molecular flexibility index (Phi) is 4.95. The molecule has 1 amide bonds. The fourth-order valence-electron chi connectivity index (χ4n) is 2.63. The van der Waals surface area contributed by atoms with Gasteiger partial charge in [0.25, 0.3) is 0 Å². The highest BCUT2D eigenvalue weighted by atomic mass is 16.5. The summed E-state index contributed by atoms with van der Waals surface area (Å²) < 4.78 is 5.63. The SMILES string of the molecule is CC.CC(C)C(=O)N1CC2CCOC2(CO)C1. The van der Waals surface area contributed by atoms with Gasteiger partial charge in [-0.3, -0.25) is 4.79 Å². The summed E-state index contributed by atoms with van der Waals surface area (Å²) in [6.45, 7) is 9.86. The molecule has 0 spiro atoms. The van der Waals surface area contributed by atoms with Crippen LogP contribution in [0.15, 0.2) is 0 Å². The molecule has 2 rings (SSSR count). The molecule has 2 atom stereocenters. The highest BCUT2D eigenvalue weighted by molar-refractivity contribution is 5.78. The first kappa shape index (κ1) is 14.5. The lowest BCUT2D eigenvalue weighted by Gasteiger charge is -2.25. The smallest absolute Gasteiger partial charge is 0.225 e. The van der Waals surface area contributed by atoms with E-state index >= 15 is 0 Å². The molecule has 2 aliphatic heterocycles. The molecule has 2 unspecified atom stereocenters. The van der Waals surface area contributed by atoms with E-state index in [1.165, 1.54) is 0 Å². The normalized spacial score (nSPS) is 31.2. The first-order valence-electron chi connectivity index (χ1n) is 6.62. The standard InChI is InChI=1S/C11H19NO3.C2H6/c1-8(2)10(14)12-5-9-3-4-15-11(9,6-12)7-13;1-2/h8-9,13H,3-7H2,1-2H3;1-2H3. The molecule has 0 saturated carbocycles. The first-order chi connectivity index (χ1) is 8.09. The van der Waals surface area contributed by atoms with E-state index in [0.29, 0.717) is 12.5 Å². The fraction of sp³-hybridized carbons (Fsp3) is 0.923. The molecule has 2 aliphatic rings. The minimum atomic E-state index is -0.454. The first-order valence-corrected chi connectivity index (χ1v) is 6.62. The predicted molar refractivity (Wildman–Crippen MR) is 66.6 cm³/mol. The Bertz CT molecular complexity index is 267. The third-order valence-electron chi connectivity index (χ3n) is 3.57. The van der Waals surface area contributed by atoms with E-state index in [4.69, 9.17) is 4.74 Å². The number of likely N-dealkylation sites (tertiary alicyclic amines) is 1. The van der Waals surface area contributed by atoms with Crippen molar-refractivity contribution < 1.29 is 14.6 Å². The number of ether oxygens (including phenoxy) is 1. The number of nitrogens with zero attached hydrogens (tertiary/aromatic N) is 1. The van der Waals surface area contributed by atoms with Crippen LogP contribution in [0.4, 0.5) is 0 Å². The molecule has 0 radical (unpaired) electrons. The molecule has 17 heavy (non-hydrogen) atoms. The van der Waals surface area contributed by atoms with E-state index < -0.39 is 5.60 Å². The van der Waals surface area contributed by atoms with Gasteiger partial charge < -0.3 is 14.7 Å². The van der Waals surface area contributed by atoms with E-state index in [9.17, 15) is 9.90 Å². The van der Waals surface area contributed by atoms with Crippen LogP contribution in [0.5, 0.6) is 0 Å². The van der Waals surface area contributed by atoms with Crippen LogP contribution in [0.1, 0.15) is 34.1 Å². The number of hydrogen-bond donors (Lipinski definition) is 1. The second-order valence-corrected chi connectivity index (χ2v) is 4.93. The number of aliphatic hydroxyl groups is 1. The van der Waals surface area contributed by atoms with Crippen LogP contribution in [0, 0.1) is 11.8 Å². The Morgan fingerprint density at radius 1 is 1.53 bits per heavy atom. The summed E-state index contributed by atoms with van der Waals surface area (Å²) in [5.74, 6) is 0.519. The van der Waals surface area contributed by atoms with Gasteiger partial charge in [0.1, 0.15) is 5.60 Å². The summed E-state index contributed by atoms with van der Waals surface area (Å²) >= 11 is 0. The van der Waals surface area contributed by atoms with Crippen LogP contribution < -0.4 is 0 Å². The maximum absolute atomic E-state index is 11.8. The zero-order valence-corrected chi connectivity index (χ0v) is 11.4. The number of fused-ring (bicyclic) bond motifs is 1. The topological polar surface area (TPSA) is 49.8 Å². The molecule has 2 heterocycles. The summed E-state index contributed by atoms with van der Waals surface area (Å²) in [7, 11) is 0. The van der Waals surface area contributed by atoms with Gasteiger partial charge in [-0.05, 0) is 6.42 Å². The van der Waals surface area contributed by atoms with Gasteiger partial charge in [0.2, 0.25) is 5.91 Å². The number of amides is 1. The number of carbonyl (C=O) groups is 1. The zero-order valence-electron chi connectivity index (χ0n) is 11.4. The molecule has 2 fully saturated rings. The van der Waals surface area contributed by atoms with Crippen LogP contribution in [0.3, 0.4) is 0 Å². The molecular formula is C13H25NO3. The third-order valence-corrected chi connectivity index (χ3v) is 3.57. The average Bonchev–Trinajstić information content (AvgIpc) is 2.87. The van der Waals surface area contributed by atoms with Crippen molar-refractivity contribution in [2.45, 2.75) is 39.7 Å². The second-order valence-electron chi connectivity index (χ2n) is 4.93. The number of aliphatic hydroxyl groups excluding tert-OH is 1. The minimum absolute atomic E-state index is 0.0273. The van der Waals surface area contributed by atoms with Gasteiger partial charge in [-0.1, -0.05) is 27.7 Å². The van der Waals surface area contributed by atoms with Crippen LogP contribution in [0.2, 0.25) is 0 Å². The summed E-state index contributed by atoms with van der Waals surface area (Å²) in [5, 5.41) is 9.40. The van der Waals surface area contributed by atoms with Crippen molar-refractivity contribution in [2.24, 2.45) is 11.8 Å². The van der Waals surface area contributed by atoms with Crippen molar-refractivity contribution in [3.63, 3.8) is 0 Å². The Morgan fingerprint density at radius 3 is 2.65 bits per heavy atom. The lowest BCUT2D eigenvalue weighted by Crippen LogP contribution is -2.42. The number of rotatable bonds is 2. The lowest BCUT2D eigenvalue weighted by molar-refractivity contribution is -0.135. The molecule has 0 aromatic carbocycles. The quantitative estimate of drug-likeness (QED) is 0.795. The van der Waals surface area contributed by atoms with E-state index in [-0.39, 0.29) is 18.4 Å². The second kappa shape index (κ2) is 5.83. The van der Waals surface area contributed by atoms with Crippen molar-refractivity contribution >= 4 is 5.91 Å². The monoisotopic (exact) mass is 243 g/mol. The van der Waals surface area contributed by atoms with Crippen LogP contribution in [-0.2, 0) is 9.53 Å². The van der Waals surface area contributed by atoms with Gasteiger partial charge in [-0.15, -0.1) is 0 Å². The Balaban J connectivity index is 0.000000686. The van der Waals surface area contributed by atoms with Crippen molar-refractivity contribution in [1.82, 2.24) is 4.90 Å². The average molecular weight is 243 g/mol. The summed E-state index contributed by atoms with van der Waals surface area (Å²) in [5.41, 5.74) is -0.454. The number of hydrogen-bond acceptors (Lipinski definition) is 3. The van der Waals surface area contributed by atoms with Crippen molar-refractivity contribution in [3.05, 3.63) is 0 Å². The predicted octanol–water partition coefficient (Wildman–Crippen LogP) is 1.28. The van der Waals surface area contributed by atoms with Gasteiger partial charge in [-0.25, -0.2) is 0 Å². The van der Waals surface area contributed by atoms with Gasteiger partial charge in [0.15, 0.2) is 0 Å². The van der Waals surface area contributed by atoms with Crippen LogP contribution >= 0.6 is 0 Å². The molecule has 0 bridgehead atoms. The van der Waals surface area contributed by atoms with E-state index in [1.54, 1.807) is 0 Å². The molecular weight excluding hydrogens is 218 g/mol.